The lowest BCUT2D eigenvalue weighted by Crippen LogP contribution is -2.26. The molecular weight excluding hydrogens is 230 g/mol. The Morgan fingerprint density at radius 2 is 2.22 bits per heavy atom. The second kappa shape index (κ2) is 6.49. The third kappa shape index (κ3) is 5.27. The van der Waals surface area contributed by atoms with Crippen molar-refractivity contribution in [3.63, 3.8) is 0 Å². The van der Waals surface area contributed by atoms with Crippen LogP contribution in [0.3, 0.4) is 0 Å². The molecule has 1 aromatic heterocycles. The number of amides is 1. The number of nitrogens with two attached hydrogens (primary N) is 1. The quantitative estimate of drug-likeness (QED) is 0.744. The molecule has 102 valence electrons. The van der Waals surface area contributed by atoms with Gasteiger partial charge in [-0.05, 0) is 24.8 Å². The number of hydrogen-bond donors (Lipinski definition) is 2. The number of aryl methyl sites for hydroxylation is 1. The number of nitrogens with one attached hydrogen (secondary N) is 1. The molecule has 1 rings (SSSR count). The predicted octanol–water partition coefficient (Wildman–Crippen LogP) is 0.587. The fourth-order valence-electron chi connectivity index (χ4n) is 1.70. The monoisotopic (exact) mass is 253 g/mol. The first-order valence-corrected chi connectivity index (χ1v) is 6.24. The predicted molar refractivity (Wildman–Crippen MR) is 69.5 cm³/mol. The van der Waals surface area contributed by atoms with Crippen molar-refractivity contribution in [3.8, 4) is 0 Å². The van der Waals surface area contributed by atoms with E-state index in [1.807, 2.05) is 0 Å². The van der Waals surface area contributed by atoms with Crippen LogP contribution in [0.1, 0.15) is 38.9 Å². The lowest BCUT2D eigenvalue weighted by molar-refractivity contribution is -0.121. The van der Waals surface area contributed by atoms with Gasteiger partial charge < -0.3 is 11.1 Å². The molecular formula is C12H23N5O. The molecule has 0 aliphatic rings. The fourth-order valence-corrected chi connectivity index (χ4v) is 1.70. The van der Waals surface area contributed by atoms with E-state index in [0.717, 1.165) is 12.8 Å². The number of rotatable bonds is 7. The van der Waals surface area contributed by atoms with Gasteiger partial charge in [0.05, 0.1) is 6.54 Å². The molecule has 0 aliphatic heterocycles. The van der Waals surface area contributed by atoms with Gasteiger partial charge in [0, 0.05) is 13.5 Å². The molecule has 0 fully saturated rings. The zero-order valence-electron chi connectivity index (χ0n) is 11.4. The van der Waals surface area contributed by atoms with Crippen molar-refractivity contribution < 1.29 is 4.79 Å². The third-order valence-electron chi connectivity index (χ3n) is 2.94. The van der Waals surface area contributed by atoms with Crippen LogP contribution in [0.15, 0.2) is 6.33 Å². The molecule has 0 saturated carbocycles. The van der Waals surface area contributed by atoms with Crippen LogP contribution in [0.25, 0.3) is 0 Å². The van der Waals surface area contributed by atoms with E-state index in [2.05, 4.69) is 29.2 Å². The van der Waals surface area contributed by atoms with Gasteiger partial charge in [0.2, 0.25) is 5.91 Å². The summed E-state index contributed by atoms with van der Waals surface area (Å²) in [5.74, 6) is 0.666. The molecule has 1 aromatic rings. The molecule has 0 saturated heterocycles. The van der Waals surface area contributed by atoms with Crippen molar-refractivity contribution in [1.82, 2.24) is 20.1 Å². The maximum atomic E-state index is 11.7. The Kier molecular flexibility index (Phi) is 5.27. The number of carbonyl (C=O) groups is 1. The Hall–Kier alpha value is -1.43. The van der Waals surface area contributed by atoms with Crippen molar-refractivity contribution in [1.29, 1.82) is 0 Å². The van der Waals surface area contributed by atoms with Gasteiger partial charge >= 0.3 is 0 Å². The van der Waals surface area contributed by atoms with Gasteiger partial charge in [-0.1, -0.05) is 13.8 Å². The molecule has 3 N–H and O–H groups in total. The minimum Gasteiger partial charge on any atom is -0.349 e. The van der Waals surface area contributed by atoms with E-state index < -0.39 is 0 Å². The largest absolute Gasteiger partial charge is 0.349 e. The molecule has 18 heavy (non-hydrogen) atoms. The summed E-state index contributed by atoms with van der Waals surface area (Å²) in [7, 11) is 1.80. The average molecular weight is 253 g/mol. The Labute approximate surface area is 108 Å². The van der Waals surface area contributed by atoms with Crippen LogP contribution in [0.4, 0.5) is 0 Å². The average Bonchev–Trinajstić information content (AvgIpc) is 2.70. The first-order valence-electron chi connectivity index (χ1n) is 6.24. The molecule has 0 atom stereocenters. The van der Waals surface area contributed by atoms with Crippen molar-refractivity contribution in [2.24, 2.45) is 18.2 Å². The first kappa shape index (κ1) is 14.6. The van der Waals surface area contributed by atoms with Crippen LogP contribution in [-0.2, 0) is 18.4 Å². The topological polar surface area (TPSA) is 85.8 Å². The van der Waals surface area contributed by atoms with Crippen molar-refractivity contribution >= 4 is 5.91 Å². The summed E-state index contributed by atoms with van der Waals surface area (Å²) in [6.45, 7) is 5.31. The molecule has 0 aromatic carbocycles. The highest BCUT2D eigenvalue weighted by Crippen LogP contribution is 2.25. The number of carbonyl (C=O) groups excluding carboxylic acids is 1. The number of hydrogen-bond acceptors (Lipinski definition) is 4. The van der Waals surface area contributed by atoms with Gasteiger partial charge in [0.1, 0.15) is 6.33 Å². The normalized spacial score (nSPS) is 11.6. The second-order valence-corrected chi connectivity index (χ2v) is 5.31. The molecule has 0 spiro atoms. The van der Waals surface area contributed by atoms with E-state index in [1.165, 1.54) is 0 Å². The molecule has 6 heteroatoms. The maximum absolute atomic E-state index is 11.7. The molecule has 0 bridgehead atoms. The maximum Gasteiger partial charge on any atom is 0.220 e. The minimum absolute atomic E-state index is 0.0348. The minimum atomic E-state index is 0.0348. The summed E-state index contributed by atoms with van der Waals surface area (Å²) in [5, 5.41) is 6.91. The van der Waals surface area contributed by atoms with Gasteiger partial charge in [0.25, 0.3) is 0 Å². The fraction of sp³-hybridized carbons (Fsp3) is 0.750. The van der Waals surface area contributed by atoms with Gasteiger partial charge in [0.15, 0.2) is 5.82 Å². The van der Waals surface area contributed by atoms with Gasteiger partial charge in [-0.25, -0.2) is 4.98 Å². The lowest BCUT2D eigenvalue weighted by Gasteiger charge is -2.23. The molecule has 1 amide bonds. The Morgan fingerprint density at radius 3 is 2.78 bits per heavy atom. The molecule has 0 radical (unpaired) electrons. The van der Waals surface area contributed by atoms with E-state index in [1.54, 1.807) is 18.1 Å². The Morgan fingerprint density at radius 1 is 1.50 bits per heavy atom. The molecule has 1 heterocycles. The lowest BCUT2D eigenvalue weighted by atomic mass is 9.84. The van der Waals surface area contributed by atoms with Crippen LogP contribution in [0, 0.1) is 5.41 Å². The third-order valence-corrected chi connectivity index (χ3v) is 2.94. The Balaban J connectivity index is 2.26. The van der Waals surface area contributed by atoms with E-state index in [0.29, 0.717) is 25.3 Å². The van der Waals surface area contributed by atoms with Crippen LogP contribution < -0.4 is 11.1 Å². The number of aromatic nitrogens is 3. The van der Waals surface area contributed by atoms with E-state index in [-0.39, 0.29) is 11.3 Å². The van der Waals surface area contributed by atoms with Gasteiger partial charge in [-0.15, -0.1) is 0 Å². The van der Waals surface area contributed by atoms with Gasteiger partial charge in [-0.2, -0.15) is 5.10 Å². The van der Waals surface area contributed by atoms with Crippen molar-refractivity contribution in [2.75, 3.05) is 6.54 Å². The zero-order chi connectivity index (χ0) is 13.6. The van der Waals surface area contributed by atoms with E-state index in [4.69, 9.17) is 5.73 Å². The Bertz CT molecular complexity index is 386. The molecule has 0 aliphatic carbocycles. The number of nitrogens with zero attached hydrogens (tertiary/aromatic N) is 3. The summed E-state index contributed by atoms with van der Waals surface area (Å²) in [4.78, 5) is 15.7. The summed E-state index contributed by atoms with van der Waals surface area (Å²) in [6.07, 6.45) is 3.90. The summed E-state index contributed by atoms with van der Waals surface area (Å²) >= 11 is 0. The van der Waals surface area contributed by atoms with E-state index >= 15 is 0 Å². The van der Waals surface area contributed by atoms with Crippen LogP contribution in [-0.4, -0.2) is 27.2 Å². The smallest absolute Gasteiger partial charge is 0.220 e. The summed E-state index contributed by atoms with van der Waals surface area (Å²) < 4.78 is 1.62. The zero-order valence-corrected chi connectivity index (χ0v) is 11.4. The van der Waals surface area contributed by atoms with Crippen LogP contribution in [0.2, 0.25) is 0 Å². The van der Waals surface area contributed by atoms with Crippen molar-refractivity contribution in [3.05, 3.63) is 12.2 Å². The first-order chi connectivity index (χ1) is 8.43. The molecule has 6 nitrogen and oxygen atoms in total. The van der Waals surface area contributed by atoms with Crippen LogP contribution >= 0.6 is 0 Å². The molecule has 0 unspecified atom stereocenters. The summed E-state index contributed by atoms with van der Waals surface area (Å²) in [5.41, 5.74) is 5.66. The van der Waals surface area contributed by atoms with E-state index in [9.17, 15) is 4.79 Å². The highest BCUT2D eigenvalue weighted by atomic mass is 16.1. The van der Waals surface area contributed by atoms with Crippen molar-refractivity contribution in [2.45, 2.75) is 39.7 Å². The standard InChI is InChI=1S/C12H23N5O/c1-12(2,6-7-13)5-4-11(18)14-8-10-15-9-17(3)16-10/h9H,4-8,13H2,1-3H3,(H,14,18). The summed E-state index contributed by atoms with van der Waals surface area (Å²) in [6, 6.07) is 0. The highest BCUT2D eigenvalue weighted by molar-refractivity contribution is 5.75. The van der Waals surface area contributed by atoms with Crippen LogP contribution in [0.5, 0.6) is 0 Å². The second-order valence-electron chi connectivity index (χ2n) is 5.31. The SMILES string of the molecule is Cn1cnc(CNC(=O)CCC(C)(C)CCN)n1. The van der Waals surface area contributed by atoms with Gasteiger partial charge in [-0.3, -0.25) is 9.48 Å². The highest BCUT2D eigenvalue weighted by Gasteiger charge is 2.18.